The van der Waals surface area contributed by atoms with Crippen LogP contribution < -0.4 is 10.5 Å². The number of hydrogen-bond acceptors (Lipinski definition) is 3. The first-order valence-corrected chi connectivity index (χ1v) is 9.09. The molecule has 1 aromatic carbocycles. The molecule has 0 radical (unpaired) electrons. The summed E-state index contributed by atoms with van der Waals surface area (Å²) in [6.07, 6.45) is 3.94. The Labute approximate surface area is 154 Å². The highest BCUT2D eigenvalue weighted by Crippen LogP contribution is 2.37. The Morgan fingerprint density at radius 2 is 2.00 bits per heavy atom. The molecule has 1 aliphatic heterocycles. The number of ether oxygens (including phenoxy) is 2. The summed E-state index contributed by atoms with van der Waals surface area (Å²) in [6, 6.07) is 3.82. The molecule has 6 heteroatoms. The van der Waals surface area contributed by atoms with Gasteiger partial charge in [0, 0.05) is 25.6 Å². The van der Waals surface area contributed by atoms with Gasteiger partial charge in [0.05, 0.1) is 22.2 Å². The molecule has 0 saturated carbocycles. The van der Waals surface area contributed by atoms with Gasteiger partial charge in [-0.05, 0) is 32.0 Å². The molecule has 134 valence electrons. The first kappa shape index (κ1) is 19.5. The summed E-state index contributed by atoms with van der Waals surface area (Å²) >= 11 is 12.4. The molecule has 1 saturated heterocycles. The second-order valence-electron chi connectivity index (χ2n) is 6.18. The average Bonchev–Trinajstić information content (AvgIpc) is 2.60. The van der Waals surface area contributed by atoms with Crippen LogP contribution in [-0.2, 0) is 4.74 Å². The van der Waals surface area contributed by atoms with Gasteiger partial charge in [0.2, 0.25) is 0 Å². The van der Waals surface area contributed by atoms with Crippen LogP contribution in [-0.4, -0.2) is 44.9 Å². The number of benzene rings is 1. The standard InChI is InChI=1S/C18H26Cl2N2O2/c1-3-9-24-17-12-16(20)15(19)11-14(17)18(21)13-4-6-22(7-5-13)8-10-23-2/h3,11-13,18H,1,4-10,21H2,2H3/p+1. The monoisotopic (exact) mass is 373 g/mol. The molecule has 2 rings (SSSR count). The van der Waals surface area contributed by atoms with E-state index in [1.165, 1.54) is 0 Å². The zero-order chi connectivity index (χ0) is 17.5. The summed E-state index contributed by atoms with van der Waals surface area (Å²) in [6.45, 7) is 8.06. The molecule has 0 amide bonds. The van der Waals surface area contributed by atoms with Crippen molar-refractivity contribution in [1.29, 1.82) is 0 Å². The summed E-state index contributed by atoms with van der Waals surface area (Å²) in [4.78, 5) is 2.44. The van der Waals surface area contributed by atoms with Gasteiger partial charge in [-0.25, -0.2) is 0 Å². The van der Waals surface area contributed by atoms with E-state index in [0.717, 1.165) is 50.4 Å². The number of piperidine rings is 1. The van der Waals surface area contributed by atoms with Gasteiger partial charge in [-0.3, -0.25) is 0 Å². The molecule has 1 atom stereocenters. The maximum Gasteiger partial charge on any atom is 0.130 e. The van der Waals surface area contributed by atoms with Crippen LogP contribution in [0, 0.1) is 5.92 Å². The van der Waals surface area contributed by atoms with Crippen LogP contribution >= 0.6 is 23.2 Å². The summed E-state index contributed by atoms with van der Waals surface area (Å²) < 4.78 is 10.9. The van der Waals surface area contributed by atoms with Crippen LogP contribution in [0.3, 0.4) is 0 Å². The molecule has 24 heavy (non-hydrogen) atoms. The van der Waals surface area contributed by atoms with Crippen molar-refractivity contribution in [2.24, 2.45) is 5.92 Å². The van der Waals surface area contributed by atoms with E-state index >= 15 is 0 Å². The number of nitrogens with zero attached hydrogens (tertiary/aromatic N) is 1. The van der Waals surface area contributed by atoms with Gasteiger partial charge < -0.3 is 20.1 Å². The minimum absolute atomic E-state index is 0.129. The Bertz CT molecular complexity index is 546. The highest BCUT2D eigenvalue weighted by atomic mass is 35.5. The lowest BCUT2D eigenvalue weighted by molar-refractivity contribution is -0.442. The summed E-state index contributed by atoms with van der Waals surface area (Å²) in [5, 5.41) is 1.05. The van der Waals surface area contributed by atoms with E-state index in [1.54, 1.807) is 19.3 Å². The minimum atomic E-state index is 0.129. The lowest BCUT2D eigenvalue weighted by Crippen LogP contribution is -2.58. The number of methoxy groups -OCH3 is 1. The van der Waals surface area contributed by atoms with Crippen molar-refractivity contribution >= 4 is 23.2 Å². The minimum Gasteiger partial charge on any atom is -0.489 e. The van der Waals surface area contributed by atoms with E-state index in [2.05, 4.69) is 17.2 Å². The third-order valence-corrected chi connectivity index (χ3v) is 5.34. The van der Waals surface area contributed by atoms with Gasteiger partial charge in [-0.2, -0.15) is 0 Å². The van der Waals surface area contributed by atoms with Crippen molar-refractivity contribution in [3.8, 4) is 5.75 Å². The van der Waals surface area contributed by atoms with E-state index in [-0.39, 0.29) is 6.04 Å². The van der Waals surface area contributed by atoms with E-state index in [4.69, 9.17) is 32.7 Å². The number of halogens is 2. The third kappa shape index (κ3) is 5.11. The maximum atomic E-state index is 6.23. The predicted octanol–water partition coefficient (Wildman–Crippen LogP) is 3.20. The quantitative estimate of drug-likeness (QED) is 0.711. The number of quaternary nitrogens is 1. The molecule has 1 fully saturated rings. The summed E-state index contributed by atoms with van der Waals surface area (Å²) in [5.41, 5.74) is 5.44. The van der Waals surface area contributed by atoms with Gasteiger partial charge in [0.1, 0.15) is 18.4 Å². The fourth-order valence-electron chi connectivity index (χ4n) is 3.16. The third-order valence-electron chi connectivity index (χ3n) is 4.62. The lowest BCUT2D eigenvalue weighted by Gasteiger charge is -2.33. The van der Waals surface area contributed by atoms with E-state index in [1.807, 2.05) is 6.07 Å². The first-order valence-electron chi connectivity index (χ1n) is 8.33. The van der Waals surface area contributed by atoms with Crippen LogP contribution in [0.4, 0.5) is 0 Å². The second-order valence-corrected chi connectivity index (χ2v) is 7.00. The highest BCUT2D eigenvalue weighted by Gasteiger charge is 2.30. The van der Waals surface area contributed by atoms with Crippen molar-refractivity contribution < 1.29 is 15.2 Å². The van der Waals surface area contributed by atoms with Crippen molar-refractivity contribution in [2.45, 2.75) is 18.9 Å². The molecule has 3 N–H and O–H groups in total. The summed E-state index contributed by atoms with van der Waals surface area (Å²) in [5.74, 6) is 1.26. The molecule has 1 aliphatic rings. The van der Waals surface area contributed by atoms with E-state index < -0.39 is 0 Å². The van der Waals surface area contributed by atoms with Crippen molar-refractivity contribution in [3.63, 3.8) is 0 Å². The maximum absolute atomic E-state index is 6.23. The van der Waals surface area contributed by atoms with Crippen LogP contribution in [0.5, 0.6) is 5.75 Å². The first-order chi connectivity index (χ1) is 11.6. The zero-order valence-electron chi connectivity index (χ0n) is 14.3. The van der Waals surface area contributed by atoms with E-state index in [0.29, 0.717) is 22.6 Å². The molecule has 0 aliphatic carbocycles. The predicted molar refractivity (Wildman–Crippen MR) is 98.8 cm³/mol. The highest BCUT2D eigenvalue weighted by molar-refractivity contribution is 6.42. The Kier molecular flexibility index (Phi) is 7.85. The van der Waals surface area contributed by atoms with Crippen LogP contribution in [0.2, 0.25) is 10.0 Å². The number of hydrogen-bond donors (Lipinski definition) is 1. The Hall–Kier alpha value is -0.780. The normalized spacial score (nSPS) is 17.7. The van der Waals surface area contributed by atoms with Gasteiger partial charge in [-0.15, -0.1) is 0 Å². The average molecular weight is 374 g/mol. The van der Waals surface area contributed by atoms with Gasteiger partial charge in [0.15, 0.2) is 0 Å². The van der Waals surface area contributed by atoms with Crippen LogP contribution in [0.15, 0.2) is 24.8 Å². The molecule has 0 spiro atoms. The molecule has 0 aromatic heterocycles. The molecule has 1 unspecified atom stereocenters. The van der Waals surface area contributed by atoms with Crippen LogP contribution in [0.1, 0.15) is 24.4 Å². The van der Waals surface area contributed by atoms with Crippen molar-refractivity contribution in [2.75, 3.05) is 40.0 Å². The zero-order valence-corrected chi connectivity index (χ0v) is 15.8. The van der Waals surface area contributed by atoms with Crippen molar-refractivity contribution in [3.05, 3.63) is 40.4 Å². The fourth-order valence-corrected chi connectivity index (χ4v) is 3.49. The van der Waals surface area contributed by atoms with E-state index in [9.17, 15) is 0 Å². The smallest absolute Gasteiger partial charge is 0.130 e. The Morgan fingerprint density at radius 3 is 2.62 bits per heavy atom. The summed E-state index contributed by atoms with van der Waals surface area (Å²) in [7, 11) is 1.74. The Balaban J connectivity index is 2.07. The molecule has 0 bridgehead atoms. The lowest BCUT2D eigenvalue weighted by atomic mass is 9.85. The number of likely N-dealkylation sites (tertiary alicyclic amines) is 1. The number of rotatable bonds is 8. The second kappa shape index (κ2) is 9.64. The molecule has 1 aromatic rings. The van der Waals surface area contributed by atoms with Gasteiger partial charge in [0.25, 0.3) is 0 Å². The molecular formula is C18H27Cl2N2O2+. The fraction of sp³-hybridized carbons (Fsp3) is 0.556. The van der Waals surface area contributed by atoms with Crippen molar-refractivity contribution in [1.82, 2.24) is 4.90 Å². The topological polar surface area (TPSA) is 49.3 Å². The SMILES string of the molecule is C=CCOc1cc(Cl)c(Cl)cc1C([NH3+])C1CCN(CCOC)CC1. The molecular weight excluding hydrogens is 347 g/mol. The molecule has 1 heterocycles. The van der Waals surface area contributed by atoms with Gasteiger partial charge >= 0.3 is 0 Å². The Morgan fingerprint density at radius 1 is 1.33 bits per heavy atom. The molecule has 4 nitrogen and oxygen atoms in total. The largest absolute Gasteiger partial charge is 0.489 e. The van der Waals surface area contributed by atoms with Gasteiger partial charge in [-0.1, -0.05) is 35.9 Å². The van der Waals surface area contributed by atoms with Crippen LogP contribution in [0.25, 0.3) is 0 Å².